The molecule has 2 aliphatic carbocycles. The fourth-order valence-electron chi connectivity index (χ4n) is 4.65. The Kier molecular flexibility index (Phi) is 7.93. The van der Waals surface area contributed by atoms with Gasteiger partial charge in [0.2, 0.25) is 0 Å². The second-order valence-electron chi connectivity index (χ2n) is 8.87. The van der Waals surface area contributed by atoms with Gasteiger partial charge < -0.3 is 5.32 Å². The molecule has 0 saturated heterocycles. The SMILES string of the molecule is CC(C)CC(C)NC1CC(C/N=C2/CCCC(=O)CC2)C[C@@H](C)C1. The monoisotopic (exact) mass is 334 g/mol. The minimum Gasteiger partial charge on any atom is -0.311 e. The molecule has 138 valence electrons. The van der Waals surface area contributed by atoms with Crippen molar-refractivity contribution >= 4 is 11.5 Å². The maximum absolute atomic E-state index is 11.5. The fraction of sp³-hybridized carbons (Fsp3) is 0.905. The molecule has 2 fully saturated rings. The highest BCUT2D eigenvalue weighted by atomic mass is 16.1. The first-order chi connectivity index (χ1) is 11.4. The van der Waals surface area contributed by atoms with Crippen molar-refractivity contribution in [2.45, 2.75) is 97.6 Å². The molecule has 0 aromatic carbocycles. The molecule has 4 atom stereocenters. The molecule has 24 heavy (non-hydrogen) atoms. The summed E-state index contributed by atoms with van der Waals surface area (Å²) in [6, 6.07) is 1.27. The molecule has 3 heteroatoms. The van der Waals surface area contributed by atoms with Gasteiger partial charge in [-0.15, -0.1) is 0 Å². The summed E-state index contributed by atoms with van der Waals surface area (Å²) in [7, 11) is 0. The van der Waals surface area contributed by atoms with Gasteiger partial charge in [0.05, 0.1) is 0 Å². The van der Waals surface area contributed by atoms with E-state index in [0.717, 1.165) is 50.5 Å². The quantitative estimate of drug-likeness (QED) is 0.710. The highest BCUT2D eigenvalue weighted by molar-refractivity contribution is 5.91. The van der Waals surface area contributed by atoms with Crippen LogP contribution in [0.3, 0.4) is 0 Å². The number of hydrogen-bond donors (Lipinski definition) is 1. The van der Waals surface area contributed by atoms with Crippen LogP contribution in [-0.4, -0.2) is 30.1 Å². The molecule has 0 aliphatic heterocycles. The van der Waals surface area contributed by atoms with Crippen LogP contribution in [0.25, 0.3) is 0 Å². The highest BCUT2D eigenvalue weighted by Gasteiger charge is 2.27. The van der Waals surface area contributed by atoms with Crippen LogP contribution in [0.4, 0.5) is 0 Å². The summed E-state index contributed by atoms with van der Waals surface area (Å²) < 4.78 is 0. The maximum atomic E-state index is 11.5. The lowest BCUT2D eigenvalue weighted by molar-refractivity contribution is -0.118. The predicted molar refractivity (Wildman–Crippen MR) is 103 cm³/mol. The Morgan fingerprint density at radius 2 is 1.88 bits per heavy atom. The van der Waals surface area contributed by atoms with Crippen molar-refractivity contribution in [2.24, 2.45) is 22.7 Å². The van der Waals surface area contributed by atoms with Crippen molar-refractivity contribution < 1.29 is 4.79 Å². The van der Waals surface area contributed by atoms with E-state index in [1.807, 2.05) is 0 Å². The Morgan fingerprint density at radius 3 is 2.62 bits per heavy atom. The van der Waals surface area contributed by atoms with E-state index in [0.29, 0.717) is 23.8 Å². The van der Waals surface area contributed by atoms with Crippen molar-refractivity contribution in [3.8, 4) is 0 Å². The molecule has 0 spiro atoms. The van der Waals surface area contributed by atoms with Crippen molar-refractivity contribution in [2.75, 3.05) is 6.54 Å². The Hall–Kier alpha value is -0.700. The number of rotatable bonds is 6. The smallest absolute Gasteiger partial charge is 0.133 e. The lowest BCUT2D eigenvalue weighted by Crippen LogP contribution is -2.42. The topological polar surface area (TPSA) is 41.5 Å². The van der Waals surface area contributed by atoms with E-state index < -0.39 is 0 Å². The van der Waals surface area contributed by atoms with Crippen molar-refractivity contribution in [3.63, 3.8) is 0 Å². The number of Topliss-reactive ketones (excluding diaryl/α,β-unsaturated/α-hetero) is 1. The van der Waals surface area contributed by atoms with Crippen LogP contribution in [0.2, 0.25) is 0 Å². The summed E-state index contributed by atoms with van der Waals surface area (Å²) in [6.07, 6.45) is 9.59. The lowest BCUT2D eigenvalue weighted by Gasteiger charge is -2.35. The van der Waals surface area contributed by atoms with Crippen LogP contribution >= 0.6 is 0 Å². The van der Waals surface area contributed by atoms with Gasteiger partial charge in [0, 0.05) is 37.2 Å². The number of carbonyl (C=O) groups excluding carboxylic acids is 1. The van der Waals surface area contributed by atoms with Crippen LogP contribution in [0.15, 0.2) is 4.99 Å². The minimum absolute atomic E-state index is 0.426. The van der Waals surface area contributed by atoms with Gasteiger partial charge in [-0.2, -0.15) is 0 Å². The first-order valence-electron chi connectivity index (χ1n) is 10.2. The summed E-state index contributed by atoms with van der Waals surface area (Å²) in [4.78, 5) is 16.5. The zero-order chi connectivity index (χ0) is 17.5. The second kappa shape index (κ2) is 9.70. The average Bonchev–Trinajstić information content (AvgIpc) is 2.68. The van der Waals surface area contributed by atoms with E-state index in [4.69, 9.17) is 4.99 Å². The molecular formula is C21H38N2O. The van der Waals surface area contributed by atoms with E-state index in [-0.39, 0.29) is 0 Å². The normalized spacial score (nSPS) is 32.1. The molecule has 0 heterocycles. The van der Waals surface area contributed by atoms with Gasteiger partial charge in [-0.1, -0.05) is 20.8 Å². The summed E-state index contributed by atoms with van der Waals surface area (Å²) in [5, 5.41) is 3.87. The summed E-state index contributed by atoms with van der Waals surface area (Å²) in [6.45, 7) is 10.3. The van der Waals surface area contributed by atoms with E-state index in [9.17, 15) is 4.79 Å². The molecule has 3 nitrogen and oxygen atoms in total. The van der Waals surface area contributed by atoms with E-state index in [2.05, 4.69) is 33.0 Å². The molecule has 2 saturated carbocycles. The van der Waals surface area contributed by atoms with Gasteiger partial charge in [-0.3, -0.25) is 9.79 Å². The number of hydrogen-bond acceptors (Lipinski definition) is 3. The van der Waals surface area contributed by atoms with Crippen molar-refractivity contribution in [3.05, 3.63) is 0 Å². The summed E-state index contributed by atoms with van der Waals surface area (Å²) >= 11 is 0. The van der Waals surface area contributed by atoms with Crippen LogP contribution in [0, 0.1) is 17.8 Å². The first-order valence-corrected chi connectivity index (χ1v) is 10.2. The van der Waals surface area contributed by atoms with E-state index in [1.54, 1.807) is 0 Å². The van der Waals surface area contributed by atoms with Gasteiger partial charge in [0.25, 0.3) is 0 Å². The minimum atomic E-state index is 0.426. The largest absolute Gasteiger partial charge is 0.311 e. The van der Waals surface area contributed by atoms with Crippen LogP contribution < -0.4 is 5.32 Å². The second-order valence-corrected chi connectivity index (χ2v) is 8.87. The lowest BCUT2D eigenvalue weighted by atomic mass is 9.79. The maximum Gasteiger partial charge on any atom is 0.133 e. The average molecular weight is 335 g/mol. The molecule has 0 aromatic rings. The predicted octanol–water partition coefficient (Wildman–Crippen LogP) is 4.79. The molecule has 0 amide bonds. The van der Waals surface area contributed by atoms with Gasteiger partial charge >= 0.3 is 0 Å². The molecule has 0 bridgehead atoms. The molecule has 1 N–H and O–H groups in total. The van der Waals surface area contributed by atoms with Gasteiger partial charge in [0.1, 0.15) is 5.78 Å². The van der Waals surface area contributed by atoms with Crippen LogP contribution in [0.1, 0.15) is 85.5 Å². The Balaban J connectivity index is 1.82. The van der Waals surface area contributed by atoms with E-state index in [1.165, 1.54) is 31.4 Å². The van der Waals surface area contributed by atoms with Crippen molar-refractivity contribution in [1.82, 2.24) is 5.32 Å². The molecular weight excluding hydrogens is 296 g/mol. The zero-order valence-corrected chi connectivity index (χ0v) is 16.3. The summed E-state index contributed by atoms with van der Waals surface area (Å²) in [5.74, 6) is 2.69. The molecule has 0 radical (unpaired) electrons. The third kappa shape index (κ3) is 7.04. The van der Waals surface area contributed by atoms with Crippen LogP contribution in [-0.2, 0) is 4.79 Å². The van der Waals surface area contributed by atoms with Crippen molar-refractivity contribution in [1.29, 1.82) is 0 Å². The number of nitrogens with one attached hydrogen (secondary N) is 1. The Bertz CT molecular complexity index is 430. The molecule has 3 unspecified atom stereocenters. The van der Waals surface area contributed by atoms with Gasteiger partial charge in [-0.05, 0) is 69.6 Å². The number of ketones is 1. The van der Waals surface area contributed by atoms with Gasteiger partial charge in [0.15, 0.2) is 0 Å². The third-order valence-corrected chi connectivity index (χ3v) is 5.57. The molecule has 2 aliphatic rings. The zero-order valence-electron chi connectivity index (χ0n) is 16.3. The summed E-state index contributed by atoms with van der Waals surface area (Å²) in [5.41, 5.74) is 1.30. The standard InChI is InChI=1S/C21H38N2O/c1-15(2)10-17(4)23-20-12-16(3)11-18(13-20)14-22-19-6-5-7-21(24)9-8-19/h15-18,20,23H,5-14H2,1-4H3/b22-19-/t16-,17?,18?,20?/m1/s1. The Morgan fingerprint density at radius 1 is 1.08 bits per heavy atom. The molecule has 2 rings (SSSR count). The fourth-order valence-corrected chi connectivity index (χ4v) is 4.65. The van der Waals surface area contributed by atoms with Crippen LogP contribution in [0.5, 0.6) is 0 Å². The Labute approximate surface area is 149 Å². The van der Waals surface area contributed by atoms with Gasteiger partial charge in [-0.25, -0.2) is 0 Å². The first kappa shape index (κ1) is 19.6. The third-order valence-electron chi connectivity index (χ3n) is 5.57. The molecule has 0 aromatic heterocycles. The number of carbonyl (C=O) groups is 1. The highest BCUT2D eigenvalue weighted by Crippen LogP contribution is 2.30. The number of nitrogens with zero attached hydrogens (tertiary/aromatic N) is 1. The van der Waals surface area contributed by atoms with E-state index >= 15 is 0 Å². The number of aliphatic imine (C=N–C) groups is 1.